The summed E-state index contributed by atoms with van der Waals surface area (Å²) in [5, 5.41) is 0.595. The first-order valence-corrected chi connectivity index (χ1v) is 5.89. The number of anilines is 1. The number of benzene rings is 2. The van der Waals surface area contributed by atoms with Crippen LogP contribution in [0.3, 0.4) is 0 Å². The number of rotatable bonds is 4. The van der Waals surface area contributed by atoms with Crippen LogP contribution in [0.1, 0.15) is 11.1 Å². The molecule has 0 saturated heterocycles. The zero-order valence-electron chi connectivity index (χ0n) is 9.70. The summed E-state index contributed by atoms with van der Waals surface area (Å²) in [5.74, 6) is -0.267. The van der Waals surface area contributed by atoms with Crippen molar-refractivity contribution in [1.29, 1.82) is 0 Å². The highest BCUT2D eigenvalue weighted by Gasteiger charge is 2.03. The largest absolute Gasteiger partial charge is 0.399 e. The number of ether oxygens (including phenoxy) is 1. The Hall–Kier alpha value is -1.58. The van der Waals surface area contributed by atoms with Crippen molar-refractivity contribution < 1.29 is 9.13 Å². The van der Waals surface area contributed by atoms with Gasteiger partial charge < -0.3 is 10.5 Å². The predicted molar refractivity (Wildman–Crippen MR) is 70.8 cm³/mol. The molecule has 0 bridgehead atoms. The van der Waals surface area contributed by atoms with Gasteiger partial charge in [0.05, 0.1) is 13.2 Å². The maximum atomic E-state index is 13.3. The van der Waals surface area contributed by atoms with E-state index in [1.54, 1.807) is 36.4 Å². The number of hydrogen-bond acceptors (Lipinski definition) is 2. The van der Waals surface area contributed by atoms with E-state index in [0.717, 1.165) is 5.56 Å². The molecule has 2 aromatic rings. The molecule has 0 aromatic heterocycles. The van der Waals surface area contributed by atoms with Gasteiger partial charge in [0.2, 0.25) is 0 Å². The molecule has 94 valence electrons. The van der Waals surface area contributed by atoms with Crippen molar-refractivity contribution in [3.8, 4) is 0 Å². The van der Waals surface area contributed by atoms with Crippen molar-refractivity contribution in [2.24, 2.45) is 0 Å². The molecule has 0 spiro atoms. The summed E-state index contributed by atoms with van der Waals surface area (Å²) in [6.07, 6.45) is 0. The van der Waals surface area contributed by atoms with Crippen LogP contribution in [0.15, 0.2) is 42.5 Å². The average Bonchev–Trinajstić information content (AvgIpc) is 2.36. The molecule has 0 saturated carbocycles. The third-order valence-electron chi connectivity index (χ3n) is 2.54. The number of hydrogen-bond donors (Lipinski definition) is 1. The smallest absolute Gasteiger partial charge is 0.128 e. The molecule has 0 amide bonds. The normalized spacial score (nSPS) is 10.6. The molecule has 0 atom stereocenters. The van der Waals surface area contributed by atoms with Gasteiger partial charge in [-0.2, -0.15) is 0 Å². The van der Waals surface area contributed by atoms with Crippen LogP contribution in [-0.2, 0) is 18.0 Å². The molecule has 2 N–H and O–H groups in total. The Balaban J connectivity index is 1.96. The third kappa shape index (κ3) is 3.22. The molecule has 2 rings (SSSR count). The minimum Gasteiger partial charge on any atom is -0.399 e. The Bertz CT molecular complexity index is 545. The lowest BCUT2D eigenvalue weighted by Gasteiger charge is -2.07. The van der Waals surface area contributed by atoms with E-state index in [-0.39, 0.29) is 12.4 Å². The average molecular weight is 266 g/mol. The Morgan fingerprint density at radius 3 is 2.56 bits per heavy atom. The first kappa shape index (κ1) is 12.9. The summed E-state index contributed by atoms with van der Waals surface area (Å²) in [6.45, 7) is 0.510. The molecule has 0 unspecified atom stereocenters. The van der Waals surface area contributed by atoms with Gasteiger partial charge in [-0.3, -0.25) is 0 Å². The van der Waals surface area contributed by atoms with Gasteiger partial charge in [0.25, 0.3) is 0 Å². The minimum atomic E-state index is -0.267. The zero-order chi connectivity index (χ0) is 13.0. The zero-order valence-corrected chi connectivity index (χ0v) is 10.5. The van der Waals surface area contributed by atoms with Crippen LogP contribution in [0.4, 0.5) is 10.1 Å². The summed E-state index contributed by atoms with van der Waals surface area (Å²) in [7, 11) is 0. The molecule has 0 radical (unpaired) electrons. The second-order valence-electron chi connectivity index (χ2n) is 3.94. The second-order valence-corrected chi connectivity index (χ2v) is 4.34. The van der Waals surface area contributed by atoms with E-state index in [1.807, 2.05) is 0 Å². The summed E-state index contributed by atoms with van der Waals surface area (Å²) in [6, 6.07) is 11.7. The second kappa shape index (κ2) is 5.85. The predicted octanol–water partition coefficient (Wildman–Crippen LogP) is 3.78. The standard InChI is InChI=1S/C14H13ClFNO/c15-13-6-5-12(17)7-11(13)9-18-8-10-3-1-2-4-14(10)16/h1-7H,8-9,17H2. The van der Waals surface area contributed by atoms with Gasteiger partial charge in [-0.05, 0) is 29.8 Å². The summed E-state index contributed by atoms with van der Waals surface area (Å²) >= 11 is 6.00. The van der Waals surface area contributed by atoms with Crippen molar-refractivity contribution >= 4 is 17.3 Å². The van der Waals surface area contributed by atoms with E-state index in [4.69, 9.17) is 22.1 Å². The molecule has 2 aromatic carbocycles. The van der Waals surface area contributed by atoms with Gasteiger partial charge in [-0.15, -0.1) is 0 Å². The van der Waals surface area contributed by atoms with Crippen molar-refractivity contribution in [2.45, 2.75) is 13.2 Å². The van der Waals surface area contributed by atoms with Gasteiger partial charge in [-0.1, -0.05) is 29.8 Å². The van der Waals surface area contributed by atoms with E-state index >= 15 is 0 Å². The van der Waals surface area contributed by atoms with E-state index in [9.17, 15) is 4.39 Å². The van der Waals surface area contributed by atoms with Crippen molar-refractivity contribution in [2.75, 3.05) is 5.73 Å². The molecule has 2 nitrogen and oxygen atoms in total. The van der Waals surface area contributed by atoms with Crippen LogP contribution >= 0.6 is 11.6 Å². The number of nitrogens with two attached hydrogens (primary N) is 1. The maximum Gasteiger partial charge on any atom is 0.128 e. The van der Waals surface area contributed by atoms with Crippen LogP contribution in [-0.4, -0.2) is 0 Å². The fourth-order valence-electron chi connectivity index (χ4n) is 1.59. The topological polar surface area (TPSA) is 35.2 Å². The first-order chi connectivity index (χ1) is 8.66. The highest BCUT2D eigenvalue weighted by Crippen LogP contribution is 2.20. The summed E-state index contributed by atoms with van der Waals surface area (Å²) in [5.41, 5.74) is 7.61. The summed E-state index contributed by atoms with van der Waals surface area (Å²) in [4.78, 5) is 0. The van der Waals surface area contributed by atoms with Crippen molar-refractivity contribution in [3.05, 3.63) is 64.4 Å². The Morgan fingerprint density at radius 2 is 1.78 bits per heavy atom. The van der Waals surface area contributed by atoms with Gasteiger partial charge in [0.1, 0.15) is 5.82 Å². The summed E-state index contributed by atoms with van der Waals surface area (Å²) < 4.78 is 18.8. The lowest BCUT2D eigenvalue weighted by atomic mass is 10.2. The Kier molecular flexibility index (Phi) is 4.18. The highest BCUT2D eigenvalue weighted by atomic mass is 35.5. The highest BCUT2D eigenvalue weighted by molar-refractivity contribution is 6.31. The quantitative estimate of drug-likeness (QED) is 0.854. The van der Waals surface area contributed by atoms with Crippen LogP contribution in [0.25, 0.3) is 0 Å². The van der Waals surface area contributed by atoms with E-state index in [1.165, 1.54) is 6.07 Å². The van der Waals surface area contributed by atoms with Crippen molar-refractivity contribution in [1.82, 2.24) is 0 Å². The molecule has 0 fully saturated rings. The monoisotopic (exact) mass is 265 g/mol. The molecule has 0 heterocycles. The SMILES string of the molecule is Nc1ccc(Cl)c(COCc2ccccc2F)c1. The molecular formula is C14H13ClFNO. The Morgan fingerprint density at radius 1 is 1.06 bits per heavy atom. The molecular weight excluding hydrogens is 253 g/mol. The van der Waals surface area contributed by atoms with Gasteiger partial charge >= 0.3 is 0 Å². The van der Waals surface area contributed by atoms with Crippen LogP contribution < -0.4 is 5.73 Å². The fourth-order valence-corrected chi connectivity index (χ4v) is 1.76. The van der Waals surface area contributed by atoms with Crippen molar-refractivity contribution in [3.63, 3.8) is 0 Å². The first-order valence-electron chi connectivity index (χ1n) is 5.52. The lowest BCUT2D eigenvalue weighted by molar-refractivity contribution is 0.105. The Labute approximate surface area is 110 Å². The fraction of sp³-hybridized carbons (Fsp3) is 0.143. The van der Waals surface area contributed by atoms with Gasteiger partial charge in [0, 0.05) is 16.3 Å². The minimum absolute atomic E-state index is 0.206. The van der Waals surface area contributed by atoms with Gasteiger partial charge in [0.15, 0.2) is 0 Å². The number of halogens is 2. The number of nitrogen functional groups attached to an aromatic ring is 1. The van der Waals surface area contributed by atoms with E-state index in [0.29, 0.717) is 22.9 Å². The lowest BCUT2D eigenvalue weighted by Crippen LogP contribution is -1.98. The molecule has 0 aliphatic rings. The maximum absolute atomic E-state index is 13.3. The van der Waals surface area contributed by atoms with Crippen LogP contribution in [0.2, 0.25) is 5.02 Å². The van der Waals surface area contributed by atoms with Gasteiger partial charge in [-0.25, -0.2) is 4.39 Å². The van der Waals surface area contributed by atoms with Crippen LogP contribution in [0, 0.1) is 5.82 Å². The van der Waals surface area contributed by atoms with Crippen LogP contribution in [0.5, 0.6) is 0 Å². The third-order valence-corrected chi connectivity index (χ3v) is 2.91. The van der Waals surface area contributed by atoms with E-state index < -0.39 is 0 Å². The molecule has 4 heteroatoms. The van der Waals surface area contributed by atoms with E-state index in [2.05, 4.69) is 0 Å². The molecule has 0 aliphatic heterocycles. The molecule has 18 heavy (non-hydrogen) atoms. The molecule has 0 aliphatic carbocycles.